The van der Waals surface area contributed by atoms with Gasteiger partial charge in [0.1, 0.15) is 11.6 Å². The summed E-state index contributed by atoms with van der Waals surface area (Å²) in [5, 5.41) is 12.3. The molecule has 0 aliphatic rings. The van der Waals surface area contributed by atoms with Crippen molar-refractivity contribution in [3.05, 3.63) is 101 Å². The molecule has 3 aromatic carbocycles. The normalized spacial score (nSPS) is 11.8. The first kappa shape index (κ1) is 23.3. The number of hydrogen-bond acceptors (Lipinski definition) is 5. The first-order valence-corrected chi connectivity index (χ1v) is 10.4. The molecule has 3 rings (SSSR count). The molecular weight excluding hydrogens is 414 g/mol. The molecule has 0 heterocycles. The number of anilines is 2. The number of carbonyl (C=O) groups excluding carboxylic acids is 2. The van der Waals surface area contributed by atoms with Crippen molar-refractivity contribution in [3.8, 4) is 6.07 Å². The van der Waals surface area contributed by atoms with Crippen molar-refractivity contribution in [1.82, 2.24) is 0 Å². The Labute approximate surface area is 193 Å². The number of nitrogens with zero attached hydrogens (tertiary/aromatic N) is 2. The Kier molecular flexibility index (Phi) is 7.61. The number of hydrogen-bond donors (Lipinski definition) is 1. The highest BCUT2D eigenvalue weighted by atomic mass is 16.5. The summed E-state index contributed by atoms with van der Waals surface area (Å²) in [7, 11) is 3.85. The fourth-order valence-electron chi connectivity index (χ4n) is 3.09. The summed E-state index contributed by atoms with van der Waals surface area (Å²) in [6.07, 6.45) is 0.231. The van der Waals surface area contributed by atoms with Gasteiger partial charge >= 0.3 is 5.97 Å². The highest BCUT2D eigenvalue weighted by Gasteiger charge is 2.26. The van der Waals surface area contributed by atoms with Crippen LogP contribution < -0.4 is 10.2 Å². The average Bonchev–Trinajstić information content (AvgIpc) is 2.83. The van der Waals surface area contributed by atoms with Gasteiger partial charge in [-0.15, -0.1) is 0 Å². The number of nitrogens with one attached hydrogen (secondary N) is 1. The number of carbonyl (C=O) groups is 2. The minimum Gasteiger partial charge on any atom is -0.443 e. The van der Waals surface area contributed by atoms with Crippen LogP contribution in [0.4, 0.5) is 11.4 Å². The van der Waals surface area contributed by atoms with Crippen LogP contribution in [0.1, 0.15) is 22.8 Å². The standard InChI is InChI=1S/C27H25N3O3/c1-19-9-13-23(14-10-19)29-26(31)25(21-7-5-4-6-8-21)33-27(32)22(18-28)17-20-11-15-24(16-12-20)30(2)3/h4-17,25H,1-3H3,(H,29,31)/b22-17+. The largest absolute Gasteiger partial charge is 0.443 e. The number of amides is 1. The summed E-state index contributed by atoms with van der Waals surface area (Å²) in [4.78, 5) is 27.8. The van der Waals surface area contributed by atoms with E-state index in [-0.39, 0.29) is 5.57 Å². The van der Waals surface area contributed by atoms with Crippen LogP contribution in [-0.2, 0) is 14.3 Å². The summed E-state index contributed by atoms with van der Waals surface area (Å²) < 4.78 is 5.53. The maximum absolute atomic E-state index is 13.0. The van der Waals surface area contributed by atoms with Gasteiger partial charge in [-0.05, 0) is 42.8 Å². The van der Waals surface area contributed by atoms with E-state index in [9.17, 15) is 14.9 Å². The van der Waals surface area contributed by atoms with Crippen molar-refractivity contribution in [2.75, 3.05) is 24.3 Å². The van der Waals surface area contributed by atoms with Gasteiger partial charge in [0, 0.05) is 31.0 Å². The Morgan fingerprint density at radius 3 is 2.18 bits per heavy atom. The molecule has 166 valence electrons. The molecule has 0 spiro atoms. The molecule has 0 saturated carbocycles. The molecule has 1 unspecified atom stereocenters. The van der Waals surface area contributed by atoms with Crippen molar-refractivity contribution < 1.29 is 14.3 Å². The van der Waals surface area contributed by atoms with Crippen LogP contribution in [0.15, 0.2) is 84.4 Å². The zero-order chi connectivity index (χ0) is 23.8. The molecule has 0 aromatic heterocycles. The molecule has 6 heteroatoms. The van der Waals surface area contributed by atoms with E-state index in [1.807, 2.05) is 56.3 Å². The molecular formula is C27H25N3O3. The van der Waals surface area contributed by atoms with Crippen molar-refractivity contribution in [3.63, 3.8) is 0 Å². The van der Waals surface area contributed by atoms with Gasteiger partial charge in [0.05, 0.1) is 0 Å². The predicted molar refractivity (Wildman–Crippen MR) is 129 cm³/mol. The lowest BCUT2D eigenvalue weighted by molar-refractivity contribution is -0.150. The van der Waals surface area contributed by atoms with E-state index >= 15 is 0 Å². The Hall–Kier alpha value is -4.37. The van der Waals surface area contributed by atoms with E-state index < -0.39 is 18.0 Å². The minimum atomic E-state index is -1.21. The van der Waals surface area contributed by atoms with E-state index in [2.05, 4.69) is 5.32 Å². The van der Waals surface area contributed by atoms with Crippen LogP contribution >= 0.6 is 0 Å². The maximum atomic E-state index is 13.0. The average molecular weight is 440 g/mol. The second kappa shape index (κ2) is 10.8. The lowest BCUT2D eigenvalue weighted by Gasteiger charge is -2.18. The highest BCUT2D eigenvalue weighted by molar-refractivity contribution is 6.01. The van der Waals surface area contributed by atoms with E-state index in [1.54, 1.807) is 54.6 Å². The molecule has 1 atom stereocenters. The first-order chi connectivity index (χ1) is 15.9. The van der Waals surface area contributed by atoms with Crippen molar-refractivity contribution >= 4 is 29.3 Å². The van der Waals surface area contributed by atoms with E-state index in [4.69, 9.17) is 4.74 Å². The topological polar surface area (TPSA) is 82.4 Å². The predicted octanol–water partition coefficient (Wildman–Crippen LogP) is 4.89. The molecule has 0 fully saturated rings. The van der Waals surface area contributed by atoms with Crippen LogP contribution in [0.5, 0.6) is 0 Å². The molecule has 0 aliphatic heterocycles. The first-order valence-electron chi connectivity index (χ1n) is 10.4. The second-order valence-corrected chi connectivity index (χ2v) is 7.71. The molecule has 3 aromatic rings. The number of esters is 1. The highest BCUT2D eigenvalue weighted by Crippen LogP contribution is 2.23. The van der Waals surface area contributed by atoms with E-state index in [0.29, 0.717) is 16.8 Å². The number of benzene rings is 3. The quantitative estimate of drug-likeness (QED) is 0.322. The van der Waals surface area contributed by atoms with Gasteiger partial charge in [0.25, 0.3) is 5.91 Å². The molecule has 1 amide bonds. The van der Waals surface area contributed by atoms with Crippen LogP contribution in [-0.4, -0.2) is 26.0 Å². The number of nitriles is 1. The van der Waals surface area contributed by atoms with Gasteiger partial charge in [0.2, 0.25) is 6.10 Å². The third-order valence-electron chi connectivity index (χ3n) is 4.95. The number of rotatable bonds is 7. The Morgan fingerprint density at radius 1 is 0.970 bits per heavy atom. The minimum absolute atomic E-state index is 0.198. The lowest BCUT2D eigenvalue weighted by Crippen LogP contribution is -2.26. The summed E-state index contributed by atoms with van der Waals surface area (Å²) in [6.45, 7) is 1.95. The smallest absolute Gasteiger partial charge is 0.350 e. The zero-order valence-electron chi connectivity index (χ0n) is 18.8. The molecule has 0 radical (unpaired) electrons. The van der Waals surface area contributed by atoms with E-state index in [1.165, 1.54) is 6.08 Å². The van der Waals surface area contributed by atoms with Gasteiger partial charge in [-0.2, -0.15) is 5.26 Å². The third kappa shape index (κ3) is 6.31. The molecule has 6 nitrogen and oxygen atoms in total. The van der Waals surface area contributed by atoms with E-state index in [0.717, 1.165) is 11.3 Å². The zero-order valence-corrected chi connectivity index (χ0v) is 18.8. The number of ether oxygens (including phenoxy) is 1. The van der Waals surface area contributed by atoms with Crippen molar-refractivity contribution in [1.29, 1.82) is 5.26 Å². The molecule has 33 heavy (non-hydrogen) atoms. The molecule has 0 aliphatic carbocycles. The van der Waals surface area contributed by atoms with Gasteiger partial charge in [-0.1, -0.05) is 60.2 Å². The fraction of sp³-hybridized carbons (Fsp3) is 0.148. The van der Waals surface area contributed by atoms with Crippen molar-refractivity contribution in [2.24, 2.45) is 0 Å². The van der Waals surface area contributed by atoms with Gasteiger partial charge in [0.15, 0.2) is 0 Å². The molecule has 1 N–H and O–H groups in total. The number of aryl methyl sites for hydroxylation is 1. The summed E-state index contributed by atoms with van der Waals surface area (Å²) in [5.74, 6) is -1.38. The maximum Gasteiger partial charge on any atom is 0.350 e. The Morgan fingerprint density at radius 2 is 1.61 bits per heavy atom. The summed E-state index contributed by atoms with van der Waals surface area (Å²) in [5.41, 5.74) is 3.61. The third-order valence-corrected chi connectivity index (χ3v) is 4.95. The molecule has 0 saturated heterocycles. The fourth-order valence-corrected chi connectivity index (χ4v) is 3.09. The van der Waals surface area contributed by atoms with Gasteiger partial charge in [-0.25, -0.2) is 4.79 Å². The molecule has 0 bridgehead atoms. The van der Waals surface area contributed by atoms with Crippen LogP contribution in [0.25, 0.3) is 6.08 Å². The lowest BCUT2D eigenvalue weighted by atomic mass is 10.1. The Balaban J connectivity index is 1.83. The summed E-state index contributed by atoms with van der Waals surface area (Å²) >= 11 is 0. The van der Waals surface area contributed by atoms with Crippen LogP contribution in [0, 0.1) is 18.3 Å². The van der Waals surface area contributed by atoms with Gasteiger partial charge < -0.3 is 15.0 Å². The second-order valence-electron chi connectivity index (χ2n) is 7.71. The van der Waals surface area contributed by atoms with Crippen LogP contribution in [0.2, 0.25) is 0 Å². The SMILES string of the molecule is Cc1ccc(NC(=O)C(OC(=O)/C(C#N)=C/c2ccc(N(C)C)cc2)c2ccccc2)cc1. The van der Waals surface area contributed by atoms with Gasteiger partial charge in [-0.3, -0.25) is 4.79 Å². The summed E-state index contributed by atoms with van der Waals surface area (Å²) in [6, 6.07) is 25.3. The Bertz CT molecular complexity index is 1180. The monoisotopic (exact) mass is 439 g/mol. The van der Waals surface area contributed by atoms with Crippen molar-refractivity contribution in [2.45, 2.75) is 13.0 Å². The van der Waals surface area contributed by atoms with Crippen LogP contribution in [0.3, 0.4) is 0 Å².